The fourth-order valence-electron chi connectivity index (χ4n) is 1.99. The minimum Gasteiger partial charge on any atom is -0.368 e. The number of hydrogen-bond donors (Lipinski definition) is 1. The molecule has 0 unspecified atom stereocenters. The lowest BCUT2D eigenvalue weighted by Crippen LogP contribution is -2.35. The van der Waals surface area contributed by atoms with E-state index in [4.69, 9.17) is 0 Å². The number of nitrogens with one attached hydrogen (secondary N) is 1. The van der Waals surface area contributed by atoms with Crippen LogP contribution in [0.2, 0.25) is 0 Å². The highest BCUT2D eigenvalue weighted by atomic mass is 32.1. The molecule has 1 N–H and O–H groups in total. The molecule has 4 heteroatoms. The van der Waals surface area contributed by atoms with Crippen LogP contribution in [0.4, 0.5) is 5.69 Å². The maximum Gasteiger partial charge on any atom is 0.0599 e. The first-order chi connectivity index (χ1) is 9.46. The van der Waals surface area contributed by atoms with Crippen molar-refractivity contribution in [3.05, 3.63) is 46.4 Å². The molecule has 2 aromatic heterocycles. The van der Waals surface area contributed by atoms with Gasteiger partial charge in [0, 0.05) is 30.2 Å². The number of anilines is 1. The minimum atomic E-state index is 0.118. The van der Waals surface area contributed by atoms with Crippen molar-refractivity contribution in [2.75, 3.05) is 11.9 Å². The average Bonchev–Trinajstić information content (AvgIpc) is 2.88. The molecule has 2 rings (SSSR count). The normalized spacial score (nSPS) is 11.6. The molecule has 0 aliphatic heterocycles. The number of thiophene rings is 1. The molecule has 2 aromatic rings. The van der Waals surface area contributed by atoms with E-state index in [1.54, 1.807) is 11.3 Å². The second-order valence-corrected chi connectivity index (χ2v) is 7.08. The second-order valence-electron chi connectivity index (χ2n) is 6.04. The van der Waals surface area contributed by atoms with Gasteiger partial charge in [-0.2, -0.15) is 0 Å². The Labute approximate surface area is 125 Å². The van der Waals surface area contributed by atoms with Crippen LogP contribution in [0.15, 0.2) is 36.0 Å². The first-order valence-electron chi connectivity index (χ1n) is 6.87. The Hall–Kier alpha value is -1.39. The predicted molar refractivity (Wildman–Crippen MR) is 87.3 cm³/mol. The average molecular weight is 289 g/mol. The van der Waals surface area contributed by atoms with Crippen LogP contribution in [0.1, 0.15) is 31.2 Å². The first kappa shape index (κ1) is 15.0. The van der Waals surface area contributed by atoms with E-state index >= 15 is 0 Å². The largest absolute Gasteiger partial charge is 0.368 e. The van der Waals surface area contributed by atoms with E-state index in [9.17, 15) is 0 Å². The van der Waals surface area contributed by atoms with E-state index in [0.29, 0.717) is 0 Å². The Kier molecular flexibility index (Phi) is 4.78. The van der Waals surface area contributed by atoms with Crippen LogP contribution in [0.3, 0.4) is 0 Å². The van der Waals surface area contributed by atoms with Crippen molar-refractivity contribution in [2.24, 2.45) is 0 Å². The van der Waals surface area contributed by atoms with Crippen LogP contribution in [0.5, 0.6) is 0 Å². The quantitative estimate of drug-likeness (QED) is 0.910. The molecule has 108 valence electrons. The highest BCUT2D eigenvalue weighted by Gasteiger charge is 2.12. The number of rotatable bonds is 5. The van der Waals surface area contributed by atoms with Crippen LogP contribution in [-0.2, 0) is 13.1 Å². The zero-order chi connectivity index (χ0) is 14.6. The van der Waals surface area contributed by atoms with Gasteiger partial charge in [-0.05, 0) is 43.8 Å². The van der Waals surface area contributed by atoms with Crippen molar-refractivity contribution in [3.8, 4) is 0 Å². The molecule has 3 nitrogen and oxygen atoms in total. The van der Waals surface area contributed by atoms with Gasteiger partial charge in [0.15, 0.2) is 0 Å². The monoisotopic (exact) mass is 289 g/mol. The Morgan fingerprint density at radius 2 is 2.10 bits per heavy atom. The molecule has 20 heavy (non-hydrogen) atoms. The van der Waals surface area contributed by atoms with Crippen LogP contribution in [0, 0.1) is 0 Å². The highest BCUT2D eigenvalue weighted by molar-refractivity contribution is 7.09. The molecular formula is C16H23N3S. The lowest BCUT2D eigenvalue weighted by molar-refractivity contribution is 0.424. The van der Waals surface area contributed by atoms with E-state index < -0.39 is 0 Å². The lowest BCUT2D eigenvalue weighted by Gasteiger charge is -2.25. The summed E-state index contributed by atoms with van der Waals surface area (Å²) in [4.78, 5) is 7.90. The summed E-state index contributed by atoms with van der Waals surface area (Å²) in [6.07, 6.45) is 3.81. The van der Waals surface area contributed by atoms with Gasteiger partial charge in [0.1, 0.15) is 0 Å². The molecule has 0 aliphatic carbocycles. The fourth-order valence-corrected chi connectivity index (χ4v) is 2.75. The summed E-state index contributed by atoms with van der Waals surface area (Å²) in [5.74, 6) is 0. The molecule has 0 aliphatic rings. The zero-order valence-electron chi connectivity index (χ0n) is 12.7. The molecular weight excluding hydrogens is 266 g/mol. The summed E-state index contributed by atoms with van der Waals surface area (Å²) < 4.78 is 0. The summed E-state index contributed by atoms with van der Waals surface area (Å²) in [6, 6.07) is 6.36. The molecule has 0 radical (unpaired) electrons. The summed E-state index contributed by atoms with van der Waals surface area (Å²) in [5, 5.41) is 5.66. The van der Waals surface area contributed by atoms with Crippen LogP contribution < -0.4 is 10.2 Å². The smallest absolute Gasteiger partial charge is 0.0599 e. The molecule has 0 saturated heterocycles. The topological polar surface area (TPSA) is 28.2 Å². The van der Waals surface area contributed by atoms with Gasteiger partial charge in [-0.1, -0.05) is 6.07 Å². The van der Waals surface area contributed by atoms with E-state index in [1.807, 2.05) is 12.4 Å². The highest BCUT2D eigenvalue weighted by Crippen LogP contribution is 2.22. The van der Waals surface area contributed by atoms with Gasteiger partial charge in [0.05, 0.1) is 18.4 Å². The summed E-state index contributed by atoms with van der Waals surface area (Å²) in [5.41, 5.74) is 2.60. The van der Waals surface area contributed by atoms with E-state index in [2.05, 4.69) is 66.6 Å². The van der Waals surface area contributed by atoms with Gasteiger partial charge in [0.25, 0.3) is 0 Å². The van der Waals surface area contributed by atoms with Crippen molar-refractivity contribution >= 4 is 17.0 Å². The van der Waals surface area contributed by atoms with Gasteiger partial charge in [-0.3, -0.25) is 4.98 Å². The van der Waals surface area contributed by atoms with E-state index in [-0.39, 0.29) is 5.54 Å². The van der Waals surface area contributed by atoms with Gasteiger partial charge in [-0.15, -0.1) is 11.3 Å². The Bertz CT molecular complexity index is 529. The Morgan fingerprint density at radius 1 is 1.30 bits per heavy atom. The molecule has 0 atom stereocenters. The maximum atomic E-state index is 4.27. The second kappa shape index (κ2) is 6.37. The van der Waals surface area contributed by atoms with Crippen LogP contribution in [-0.4, -0.2) is 17.6 Å². The predicted octanol–water partition coefficient (Wildman–Crippen LogP) is 3.67. The first-order valence-corrected chi connectivity index (χ1v) is 7.75. The minimum absolute atomic E-state index is 0.118. The van der Waals surface area contributed by atoms with Gasteiger partial charge in [-0.25, -0.2) is 0 Å². The molecule has 2 heterocycles. The maximum absolute atomic E-state index is 4.27. The standard InChI is InChI=1S/C16H23N3S/c1-16(2,3)18-10-13-7-8-17-11-15(13)19(4)12-14-6-5-9-20-14/h5-9,11,18H,10,12H2,1-4H3. The number of nitrogens with zero attached hydrogens (tertiary/aromatic N) is 2. The van der Waals surface area contributed by atoms with E-state index in [1.165, 1.54) is 16.1 Å². The zero-order valence-corrected chi connectivity index (χ0v) is 13.5. The molecule has 0 fully saturated rings. The van der Waals surface area contributed by atoms with Crippen molar-refractivity contribution in [1.29, 1.82) is 0 Å². The Morgan fingerprint density at radius 3 is 2.75 bits per heavy atom. The van der Waals surface area contributed by atoms with Crippen molar-refractivity contribution in [2.45, 2.75) is 39.4 Å². The SMILES string of the molecule is CN(Cc1cccs1)c1cnccc1CNC(C)(C)C. The molecule has 0 bridgehead atoms. The third-order valence-electron chi connectivity index (χ3n) is 3.08. The molecule has 0 aromatic carbocycles. The lowest BCUT2D eigenvalue weighted by atomic mass is 10.1. The van der Waals surface area contributed by atoms with Gasteiger partial charge in [0.2, 0.25) is 0 Å². The fraction of sp³-hybridized carbons (Fsp3) is 0.438. The summed E-state index contributed by atoms with van der Waals surface area (Å²) in [7, 11) is 2.12. The third kappa shape index (κ3) is 4.32. The molecule has 0 saturated carbocycles. The molecule has 0 spiro atoms. The van der Waals surface area contributed by atoms with Crippen LogP contribution >= 0.6 is 11.3 Å². The van der Waals surface area contributed by atoms with Crippen molar-refractivity contribution in [3.63, 3.8) is 0 Å². The van der Waals surface area contributed by atoms with Crippen LogP contribution in [0.25, 0.3) is 0 Å². The van der Waals surface area contributed by atoms with Crippen molar-refractivity contribution in [1.82, 2.24) is 10.3 Å². The Balaban J connectivity index is 2.10. The van der Waals surface area contributed by atoms with Crippen molar-refractivity contribution < 1.29 is 0 Å². The molecule has 0 amide bonds. The van der Waals surface area contributed by atoms with Gasteiger partial charge >= 0.3 is 0 Å². The number of aromatic nitrogens is 1. The van der Waals surface area contributed by atoms with E-state index in [0.717, 1.165) is 13.1 Å². The number of hydrogen-bond acceptors (Lipinski definition) is 4. The third-order valence-corrected chi connectivity index (χ3v) is 3.94. The number of pyridine rings is 1. The van der Waals surface area contributed by atoms with Gasteiger partial charge < -0.3 is 10.2 Å². The summed E-state index contributed by atoms with van der Waals surface area (Å²) in [6.45, 7) is 8.33. The summed E-state index contributed by atoms with van der Waals surface area (Å²) >= 11 is 1.79.